The van der Waals surface area contributed by atoms with Gasteiger partial charge >= 0.3 is 5.97 Å². The number of furan rings is 1. The third kappa shape index (κ3) is 4.07. The van der Waals surface area contributed by atoms with Crippen molar-refractivity contribution >= 4 is 39.8 Å². The molecule has 0 aliphatic rings. The minimum atomic E-state index is -0.450. The molecule has 0 atom stereocenters. The Balaban J connectivity index is 1.85. The second kappa shape index (κ2) is 7.98. The van der Waals surface area contributed by atoms with Gasteiger partial charge in [-0.25, -0.2) is 4.79 Å². The second-order valence-electron chi connectivity index (χ2n) is 5.84. The highest BCUT2D eigenvalue weighted by Crippen LogP contribution is 2.34. The monoisotopic (exact) mass is 403 g/mol. The van der Waals surface area contributed by atoms with Gasteiger partial charge in [0.1, 0.15) is 10.8 Å². The summed E-state index contributed by atoms with van der Waals surface area (Å²) in [5, 5.41) is 3.80. The minimum Gasteiger partial charge on any atom is -0.462 e. The molecule has 0 saturated carbocycles. The molecule has 1 aromatic carbocycles. The Morgan fingerprint density at radius 3 is 2.70 bits per heavy atom. The Kier molecular flexibility index (Phi) is 5.68. The number of halogens is 1. The fraction of sp³-hybridized carbons (Fsp3) is 0.200. The van der Waals surface area contributed by atoms with E-state index in [1.807, 2.05) is 26.0 Å². The molecule has 1 amide bonds. The van der Waals surface area contributed by atoms with Crippen LogP contribution in [0.2, 0.25) is 5.02 Å². The third-order valence-corrected chi connectivity index (χ3v) is 5.39. The zero-order valence-electron chi connectivity index (χ0n) is 15.1. The summed E-state index contributed by atoms with van der Waals surface area (Å²) in [6.45, 7) is 5.73. The molecule has 1 N–H and O–H groups in total. The highest BCUT2D eigenvalue weighted by molar-refractivity contribution is 7.16. The molecule has 0 radical (unpaired) electrons. The largest absolute Gasteiger partial charge is 0.462 e. The number of aryl methyl sites for hydroxylation is 1. The van der Waals surface area contributed by atoms with E-state index in [9.17, 15) is 9.59 Å². The van der Waals surface area contributed by atoms with E-state index in [0.29, 0.717) is 21.3 Å². The average molecular weight is 404 g/mol. The van der Waals surface area contributed by atoms with Gasteiger partial charge in [0.05, 0.1) is 12.2 Å². The van der Waals surface area contributed by atoms with Crippen LogP contribution in [0.15, 0.2) is 40.8 Å². The quantitative estimate of drug-likeness (QED) is 0.554. The van der Waals surface area contributed by atoms with Crippen molar-refractivity contribution in [3.63, 3.8) is 0 Å². The van der Waals surface area contributed by atoms with Crippen LogP contribution in [0.4, 0.5) is 5.00 Å². The fourth-order valence-electron chi connectivity index (χ4n) is 2.59. The van der Waals surface area contributed by atoms with Gasteiger partial charge in [0.2, 0.25) is 0 Å². The van der Waals surface area contributed by atoms with Gasteiger partial charge in [0.25, 0.3) is 5.91 Å². The van der Waals surface area contributed by atoms with Crippen molar-refractivity contribution in [1.29, 1.82) is 0 Å². The maximum atomic E-state index is 12.6. The van der Waals surface area contributed by atoms with Crippen LogP contribution in [-0.4, -0.2) is 18.5 Å². The van der Waals surface area contributed by atoms with E-state index in [0.717, 1.165) is 16.0 Å². The molecule has 0 unspecified atom stereocenters. The number of hydrogen-bond acceptors (Lipinski definition) is 5. The first-order chi connectivity index (χ1) is 12.9. The predicted octanol–water partition coefficient (Wildman–Crippen LogP) is 5.71. The number of nitrogens with one attached hydrogen (secondary N) is 1. The zero-order valence-corrected chi connectivity index (χ0v) is 16.7. The lowest BCUT2D eigenvalue weighted by molar-refractivity contribution is 0.0527. The summed E-state index contributed by atoms with van der Waals surface area (Å²) < 4.78 is 10.8. The number of carbonyl (C=O) groups is 2. The zero-order chi connectivity index (χ0) is 19.6. The van der Waals surface area contributed by atoms with Crippen LogP contribution in [0.5, 0.6) is 0 Å². The maximum absolute atomic E-state index is 12.6. The van der Waals surface area contributed by atoms with Gasteiger partial charge in [-0.3, -0.25) is 4.79 Å². The van der Waals surface area contributed by atoms with Crippen molar-refractivity contribution in [2.75, 3.05) is 11.9 Å². The summed E-state index contributed by atoms with van der Waals surface area (Å²) in [4.78, 5) is 25.8. The van der Waals surface area contributed by atoms with Crippen LogP contribution >= 0.6 is 22.9 Å². The fourth-order valence-corrected chi connectivity index (χ4v) is 3.82. The molecular formula is C20H18ClNO4S. The smallest absolute Gasteiger partial charge is 0.341 e. The first kappa shape index (κ1) is 19.2. The normalized spacial score (nSPS) is 10.7. The molecule has 0 fully saturated rings. The van der Waals surface area contributed by atoms with Gasteiger partial charge in [0, 0.05) is 15.5 Å². The van der Waals surface area contributed by atoms with Crippen LogP contribution in [-0.2, 0) is 4.74 Å². The third-order valence-electron chi connectivity index (χ3n) is 4.03. The lowest BCUT2D eigenvalue weighted by atomic mass is 10.1. The summed E-state index contributed by atoms with van der Waals surface area (Å²) >= 11 is 7.33. The number of carbonyl (C=O) groups excluding carboxylic acids is 2. The first-order valence-corrected chi connectivity index (χ1v) is 9.54. The van der Waals surface area contributed by atoms with Gasteiger partial charge in [-0.1, -0.05) is 23.7 Å². The molecule has 140 valence electrons. The molecule has 2 heterocycles. The molecule has 0 bridgehead atoms. The number of ether oxygens (including phenoxy) is 1. The van der Waals surface area contributed by atoms with E-state index >= 15 is 0 Å². The number of hydrogen-bond donors (Lipinski definition) is 1. The van der Waals surface area contributed by atoms with E-state index in [-0.39, 0.29) is 12.4 Å². The van der Waals surface area contributed by atoms with E-state index in [1.54, 1.807) is 31.2 Å². The number of amides is 1. The second-order valence-corrected chi connectivity index (χ2v) is 7.50. The highest BCUT2D eigenvalue weighted by atomic mass is 35.5. The van der Waals surface area contributed by atoms with Gasteiger partial charge < -0.3 is 14.5 Å². The summed E-state index contributed by atoms with van der Waals surface area (Å²) in [5.41, 5.74) is 1.96. The lowest BCUT2D eigenvalue weighted by Gasteiger charge is -2.06. The summed E-state index contributed by atoms with van der Waals surface area (Å²) in [6.07, 6.45) is 0. The van der Waals surface area contributed by atoms with Crippen LogP contribution in [0, 0.1) is 13.8 Å². The topological polar surface area (TPSA) is 68.5 Å². The van der Waals surface area contributed by atoms with E-state index in [1.165, 1.54) is 11.3 Å². The molecule has 0 aliphatic carbocycles. The molecule has 27 heavy (non-hydrogen) atoms. The standard InChI is InChI=1S/C20H18ClNO4S/c1-4-25-20(24)17-11(2)12(3)27-19(17)22-18(23)16-9-8-15(26-16)13-6-5-7-14(21)10-13/h5-10H,4H2,1-3H3,(H,22,23). The number of esters is 1. The Bertz CT molecular complexity index is 1010. The molecule has 3 rings (SSSR count). The van der Waals surface area contributed by atoms with Crippen LogP contribution < -0.4 is 5.32 Å². The van der Waals surface area contributed by atoms with Gasteiger partial charge in [-0.15, -0.1) is 11.3 Å². The molecule has 5 nitrogen and oxygen atoms in total. The Labute approximate surface area is 165 Å². The molecule has 7 heteroatoms. The minimum absolute atomic E-state index is 0.142. The molecular weight excluding hydrogens is 386 g/mol. The molecule has 2 aromatic heterocycles. The van der Waals surface area contributed by atoms with Gasteiger partial charge in [-0.2, -0.15) is 0 Å². The van der Waals surface area contributed by atoms with Crippen LogP contribution in [0.1, 0.15) is 38.3 Å². The molecule has 0 aliphatic heterocycles. The average Bonchev–Trinajstić information content (AvgIpc) is 3.21. The lowest BCUT2D eigenvalue weighted by Crippen LogP contribution is -2.14. The van der Waals surface area contributed by atoms with Crippen LogP contribution in [0.25, 0.3) is 11.3 Å². The van der Waals surface area contributed by atoms with Crippen molar-refractivity contribution < 1.29 is 18.7 Å². The van der Waals surface area contributed by atoms with Gasteiger partial charge in [-0.05, 0) is 50.6 Å². The van der Waals surface area contributed by atoms with Crippen LogP contribution in [0.3, 0.4) is 0 Å². The van der Waals surface area contributed by atoms with Crippen molar-refractivity contribution in [2.24, 2.45) is 0 Å². The number of thiophene rings is 1. The number of anilines is 1. The van der Waals surface area contributed by atoms with Crippen molar-refractivity contribution in [3.05, 3.63) is 63.2 Å². The van der Waals surface area contributed by atoms with Crippen molar-refractivity contribution in [1.82, 2.24) is 0 Å². The van der Waals surface area contributed by atoms with Crippen molar-refractivity contribution in [3.8, 4) is 11.3 Å². The summed E-state index contributed by atoms with van der Waals surface area (Å²) in [6, 6.07) is 10.5. The number of rotatable bonds is 5. The Hall–Kier alpha value is -2.57. The molecule has 0 saturated heterocycles. The van der Waals surface area contributed by atoms with E-state index in [2.05, 4.69) is 5.32 Å². The van der Waals surface area contributed by atoms with E-state index in [4.69, 9.17) is 20.8 Å². The predicted molar refractivity (Wildman–Crippen MR) is 107 cm³/mol. The van der Waals surface area contributed by atoms with Crippen molar-refractivity contribution in [2.45, 2.75) is 20.8 Å². The molecule has 3 aromatic rings. The Morgan fingerprint density at radius 2 is 2.00 bits per heavy atom. The highest BCUT2D eigenvalue weighted by Gasteiger charge is 2.23. The SMILES string of the molecule is CCOC(=O)c1c(NC(=O)c2ccc(-c3cccc(Cl)c3)o2)sc(C)c1C. The molecule has 0 spiro atoms. The first-order valence-electron chi connectivity index (χ1n) is 8.35. The number of benzene rings is 1. The van der Waals surface area contributed by atoms with E-state index < -0.39 is 11.9 Å². The Morgan fingerprint density at radius 1 is 1.22 bits per heavy atom. The van der Waals surface area contributed by atoms with Gasteiger partial charge in [0.15, 0.2) is 5.76 Å². The summed E-state index contributed by atoms with van der Waals surface area (Å²) in [7, 11) is 0. The summed E-state index contributed by atoms with van der Waals surface area (Å²) in [5.74, 6) is -0.209. The maximum Gasteiger partial charge on any atom is 0.341 e.